The molecule has 1 aliphatic heterocycles. The summed E-state index contributed by atoms with van der Waals surface area (Å²) in [6, 6.07) is 8.35. The molecule has 1 saturated heterocycles. The largest absolute Gasteiger partial charge is 0.356 e. The first-order chi connectivity index (χ1) is 10.2. The monoisotopic (exact) mass is 307 g/mol. The lowest BCUT2D eigenvalue weighted by Gasteiger charge is -2.24. The molecule has 2 N–H and O–H groups in total. The molecule has 0 radical (unpaired) electrons. The number of benzene rings is 1. The Kier molecular flexibility index (Phi) is 4.05. The van der Waals surface area contributed by atoms with Crippen molar-refractivity contribution in [2.24, 2.45) is 0 Å². The fourth-order valence-corrected chi connectivity index (χ4v) is 3.98. The van der Waals surface area contributed by atoms with Gasteiger partial charge in [0.15, 0.2) is 5.76 Å². The first-order valence-electron chi connectivity index (χ1n) is 6.90. The van der Waals surface area contributed by atoms with Crippen LogP contribution in [-0.4, -0.2) is 32.7 Å². The highest BCUT2D eigenvalue weighted by Crippen LogP contribution is 2.27. The van der Waals surface area contributed by atoms with Gasteiger partial charge in [0.2, 0.25) is 10.0 Å². The predicted molar refractivity (Wildman–Crippen MR) is 78.2 cm³/mol. The van der Waals surface area contributed by atoms with Crippen molar-refractivity contribution in [3.8, 4) is 11.3 Å². The lowest BCUT2D eigenvalue weighted by molar-refractivity contribution is 0.427. The maximum absolute atomic E-state index is 12.6. The maximum atomic E-state index is 12.6. The number of nitrogens with one attached hydrogen (secondary N) is 2. The van der Waals surface area contributed by atoms with Crippen LogP contribution in [0.3, 0.4) is 0 Å². The smallest absolute Gasteiger partial charge is 0.241 e. The van der Waals surface area contributed by atoms with Gasteiger partial charge in [0.05, 0.1) is 11.1 Å². The molecule has 1 aromatic heterocycles. The summed E-state index contributed by atoms with van der Waals surface area (Å²) in [5.41, 5.74) is 0.520. The van der Waals surface area contributed by atoms with Gasteiger partial charge in [-0.25, -0.2) is 13.1 Å². The van der Waals surface area contributed by atoms with Gasteiger partial charge in [-0.3, -0.25) is 0 Å². The van der Waals surface area contributed by atoms with E-state index in [-0.39, 0.29) is 10.9 Å². The van der Waals surface area contributed by atoms with Crippen LogP contribution in [0.15, 0.2) is 45.9 Å². The minimum absolute atomic E-state index is 0.0773. The molecule has 0 aliphatic carbocycles. The summed E-state index contributed by atoms with van der Waals surface area (Å²) in [6.45, 7) is 1.59. The van der Waals surface area contributed by atoms with Gasteiger partial charge in [0.1, 0.15) is 0 Å². The Morgan fingerprint density at radius 2 is 2.14 bits per heavy atom. The van der Waals surface area contributed by atoms with Crippen molar-refractivity contribution < 1.29 is 12.9 Å². The second kappa shape index (κ2) is 5.97. The van der Waals surface area contributed by atoms with Gasteiger partial charge in [0.25, 0.3) is 0 Å². The molecule has 0 saturated carbocycles. The second-order valence-corrected chi connectivity index (χ2v) is 6.72. The SMILES string of the molecule is O=S(=O)(N[C@@H]1CCCNC1)c1ccccc1-c1ccno1. The minimum atomic E-state index is -3.59. The molecule has 0 spiro atoms. The number of hydrogen-bond donors (Lipinski definition) is 2. The van der Waals surface area contributed by atoms with Crippen LogP contribution in [0.4, 0.5) is 0 Å². The molecular formula is C14H17N3O3S. The van der Waals surface area contributed by atoms with Crippen LogP contribution in [0.2, 0.25) is 0 Å². The highest BCUT2D eigenvalue weighted by atomic mass is 32.2. The number of aromatic nitrogens is 1. The van der Waals surface area contributed by atoms with E-state index in [1.165, 1.54) is 6.20 Å². The first-order valence-corrected chi connectivity index (χ1v) is 8.38. The summed E-state index contributed by atoms with van der Waals surface area (Å²) in [4.78, 5) is 0.215. The van der Waals surface area contributed by atoms with Crippen molar-refractivity contribution in [2.45, 2.75) is 23.8 Å². The molecule has 1 aromatic carbocycles. The van der Waals surface area contributed by atoms with E-state index < -0.39 is 10.0 Å². The van der Waals surface area contributed by atoms with E-state index in [2.05, 4.69) is 15.2 Å². The van der Waals surface area contributed by atoms with Crippen molar-refractivity contribution in [2.75, 3.05) is 13.1 Å². The summed E-state index contributed by atoms with van der Waals surface area (Å²) in [7, 11) is -3.59. The summed E-state index contributed by atoms with van der Waals surface area (Å²) < 4.78 is 33.1. The molecule has 0 bridgehead atoms. The van der Waals surface area contributed by atoms with Gasteiger partial charge in [-0.1, -0.05) is 17.3 Å². The molecule has 6 nitrogen and oxygen atoms in total. The molecule has 1 fully saturated rings. The number of hydrogen-bond acceptors (Lipinski definition) is 5. The highest BCUT2D eigenvalue weighted by Gasteiger charge is 2.25. The van der Waals surface area contributed by atoms with Crippen LogP contribution < -0.4 is 10.0 Å². The molecular weight excluding hydrogens is 290 g/mol. The Bertz CT molecular complexity index is 692. The number of piperidine rings is 1. The number of sulfonamides is 1. The molecule has 7 heteroatoms. The Morgan fingerprint density at radius 3 is 2.86 bits per heavy atom. The van der Waals surface area contributed by atoms with Gasteiger partial charge in [-0.2, -0.15) is 0 Å². The Balaban J connectivity index is 1.92. The molecule has 0 amide bonds. The average Bonchev–Trinajstić information content (AvgIpc) is 3.02. The van der Waals surface area contributed by atoms with Crippen LogP contribution >= 0.6 is 0 Å². The Hall–Kier alpha value is -1.70. The van der Waals surface area contributed by atoms with E-state index in [0.29, 0.717) is 17.9 Å². The fraction of sp³-hybridized carbons (Fsp3) is 0.357. The molecule has 1 atom stereocenters. The van der Waals surface area contributed by atoms with E-state index in [0.717, 1.165) is 19.4 Å². The lowest BCUT2D eigenvalue weighted by Crippen LogP contribution is -2.45. The zero-order chi connectivity index (χ0) is 14.7. The lowest BCUT2D eigenvalue weighted by atomic mass is 10.1. The molecule has 21 heavy (non-hydrogen) atoms. The summed E-state index contributed by atoms with van der Waals surface area (Å²) in [5.74, 6) is 0.442. The molecule has 112 valence electrons. The van der Waals surface area contributed by atoms with Gasteiger partial charge in [-0.05, 0) is 31.5 Å². The third kappa shape index (κ3) is 3.15. The Morgan fingerprint density at radius 1 is 1.29 bits per heavy atom. The zero-order valence-corrected chi connectivity index (χ0v) is 12.3. The van der Waals surface area contributed by atoms with E-state index in [9.17, 15) is 8.42 Å². The standard InChI is InChI=1S/C14H17N3O3S/c18-21(19,17-11-4-3-8-15-10-11)14-6-2-1-5-12(14)13-7-9-16-20-13/h1-2,5-7,9,11,15,17H,3-4,8,10H2/t11-/m1/s1. The van der Waals surface area contributed by atoms with E-state index in [1.807, 2.05) is 0 Å². The van der Waals surface area contributed by atoms with Crippen LogP contribution in [0.25, 0.3) is 11.3 Å². The van der Waals surface area contributed by atoms with Crippen molar-refractivity contribution in [1.29, 1.82) is 0 Å². The number of rotatable bonds is 4. The normalized spacial score (nSPS) is 19.5. The molecule has 2 heterocycles. The summed E-state index contributed by atoms with van der Waals surface area (Å²) >= 11 is 0. The summed E-state index contributed by atoms with van der Waals surface area (Å²) in [5, 5.41) is 6.83. The molecule has 0 unspecified atom stereocenters. The molecule has 1 aliphatic rings. The Labute approximate surface area is 123 Å². The quantitative estimate of drug-likeness (QED) is 0.891. The fourth-order valence-electron chi connectivity index (χ4n) is 2.49. The topological polar surface area (TPSA) is 84.2 Å². The molecule has 3 rings (SSSR count). The average molecular weight is 307 g/mol. The van der Waals surface area contributed by atoms with Gasteiger partial charge in [0, 0.05) is 24.2 Å². The highest BCUT2D eigenvalue weighted by molar-refractivity contribution is 7.89. The third-order valence-electron chi connectivity index (χ3n) is 3.50. The van der Waals surface area contributed by atoms with Crippen molar-refractivity contribution in [1.82, 2.24) is 15.2 Å². The van der Waals surface area contributed by atoms with Gasteiger partial charge < -0.3 is 9.84 Å². The minimum Gasteiger partial charge on any atom is -0.356 e. The van der Waals surface area contributed by atoms with Gasteiger partial charge >= 0.3 is 0 Å². The van der Waals surface area contributed by atoms with E-state index in [1.54, 1.807) is 30.3 Å². The third-order valence-corrected chi connectivity index (χ3v) is 5.08. The summed E-state index contributed by atoms with van der Waals surface area (Å²) in [6.07, 6.45) is 3.31. The second-order valence-electron chi connectivity index (χ2n) is 5.04. The van der Waals surface area contributed by atoms with Crippen LogP contribution in [0.5, 0.6) is 0 Å². The zero-order valence-electron chi connectivity index (χ0n) is 11.5. The number of nitrogens with zero attached hydrogens (tertiary/aromatic N) is 1. The van der Waals surface area contributed by atoms with E-state index >= 15 is 0 Å². The van der Waals surface area contributed by atoms with Crippen LogP contribution in [-0.2, 0) is 10.0 Å². The first kappa shape index (κ1) is 14.2. The van der Waals surface area contributed by atoms with Gasteiger partial charge in [-0.15, -0.1) is 0 Å². The van der Waals surface area contributed by atoms with Crippen LogP contribution in [0, 0.1) is 0 Å². The molecule has 2 aromatic rings. The van der Waals surface area contributed by atoms with Crippen molar-refractivity contribution >= 4 is 10.0 Å². The maximum Gasteiger partial charge on any atom is 0.241 e. The van der Waals surface area contributed by atoms with E-state index in [4.69, 9.17) is 4.52 Å². The van der Waals surface area contributed by atoms with Crippen LogP contribution in [0.1, 0.15) is 12.8 Å². The van der Waals surface area contributed by atoms with Crippen molar-refractivity contribution in [3.63, 3.8) is 0 Å². The predicted octanol–water partition coefficient (Wildman–Crippen LogP) is 1.37. The van der Waals surface area contributed by atoms with Crippen molar-refractivity contribution in [3.05, 3.63) is 36.5 Å².